The smallest absolute Gasteiger partial charge is 0.129 e. The van der Waals surface area contributed by atoms with Gasteiger partial charge in [-0.2, -0.15) is 0 Å². The zero-order valence-corrected chi connectivity index (χ0v) is 13.8. The molecule has 1 atom stereocenters. The fourth-order valence-electron chi connectivity index (χ4n) is 2.21. The van der Waals surface area contributed by atoms with Crippen LogP contribution in [-0.4, -0.2) is 18.1 Å². The van der Waals surface area contributed by atoms with E-state index in [1.807, 2.05) is 0 Å². The summed E-state index contributed by atoms with van der Waals surface area (Å²) in [5.41, 5.74) is 2.27. The molecule has 0 amide bonds. The van der Waals surface area contributed by atoms with Gasteiger partial charge < -0.3 is 4.90 Å². The third kappa shape index (κ3) is 4.68. The lowest BCUT2D eigenvalue weighted by molar-refractivity contribution is 0.501. The Morgan fingerprint density at radius 3 is 2.26 bits per heavy atom. The second-order valence-corrected chi connectivity index (χ2v) is 6.40. The highest BCUT2D eigenvalue weighted by molar-refractivity contribution is 6.17. The van der Waals surface area contributed by atoms with Crippen molar-refractivity contribution < 1.29 is 0 Å². The van der Waals surface area contributed by atoms with Crippen LogP contribution in [0.1, 0.15) is 58.2 Å². The van der Waals surface area contributed by atoms with Crippen LogP contribution >= 0.6 is 11.6 Å². The summed E-state index contributed by atoms with van der Waals surface area (Å²) in [5, 5.41) is 0. The first-order valence-corrected chi connectivity index (χ1v) is 7.68. The number of hydrogen-bond acceptors (Lipinski definition) is 2. The van der Waals surface area contributed by atoms with Gasteiger partial charge in [0, 0.05) is 24.7 Å². The fraction of sp³-hybridized carbons (Fsp3) is 0.688. The van der Waals surface area contributed by atoms with Crippen molar-refractivity contribution in [1.29, 1.82) is 0 Å². The Morgan fingerprint density at radius 1 is 1.16 bits per heavy atom. The molecular weight excluding hydrogens is 256 g/mol. The molecule has 0 saturated carbocycles. The van der Waals surface area contributed by atoms with Crippen LogP contribution in [0.2, 0.25) is 0 Å². The third-order valence-electron chi connectivity index (χ3n) is 3.47. The molecule has 1 heterocycles. The molecule has 1 aromatic rings. The van der Waals surface area contributed by atoms with E-state index in [2.05, 4.69) is 58.7 Å². The van der Waals surface area contributed by atoms with E-state index < -0.39 is 0 Å². The first kappa shape index (κ1) is 16.3. The summed E-state index contributed by atoms with van der Waals surface area (Å²) in [7, 11) is 2.12. The van der Waals surface area contributed by atoms with E-state index in [0.29, 0.717) is 23.8 Å². The van der Waals surface area contributed by atoms with Crippen LogP contribution < -0.4 is 4.90 Å². The van der Waals surface area contributed by atoms with Gasteiger partial charge >= 0.3 is 0 Å². The van der Waals surface area contributed by atoms with Crippen molar-refractivity contribution in [2.45, 2.75) is 58.9 Å². The van der Waals surface area contributed by atoms with Crippen molar-refractivity contribution in [2.24, 2.45) is 5.92 Å². The van der Waals surface area contributed by atoms with Crippen molar-refractivity contribution in [3.8, 4) is 0 Å². The molecule has 108 valence electrons. The molecule has 1 rings (SSSR count). The predicted octanol–water partition coefficient (Wildman–Crippen LogP) is 4.81. The fourth-order valence-corrected chi connectivity index (χ4v) is 2.37. The average molecular weight is 283 g/mol. The maximum Gasteiger partial charge on any atom is 0.129 e. The Balaban J connectivity index is 3.01. The van der Waals surface area contributed by atoms with Crippen molar-refractivity contribution in [3.63, 3.8) is 0 Å². The first-order valence-electron chi connectivity index (χ1n) is 7.14. The number of aromatic nitrogens is 1. The van der Waals surface area contributed by atoms with Gasteiger partial charge in [-0.1, -0.05) is 27.7 Å². The Bertz CT molecular complexity index is 402. The number of halogens is 1. The summed E-state index contributed by atoms with van der Waals surface area (Å²) in [6.45, 7) is 11.1. The van der Waals surface area contributed by atoms with Crippen LogP contribution in [0.25, 0.3) is 0 Å². The average Bonchev–Trinajstić information content (AvgIpc) is 2.36. The molecule has 0 bridgehead atoms. The standard InChI is InChI=1S/C16H27ClN2/c1-11(2)7-13(5)19(6)16-9-14(10-17)8-15(18-16)12(3)4/h8-9,11-13H,7,10H2,1-6H3. The third-order valence-corrected chi connectivity index (χ3v) is 3.78. The van der Waals surface area contributed by atoms with Crippen LogP contribution in [0.4, 0.5) is 5.82 Å². The molecule has 0 aliphatic rings. The predicted molar refractivity (Wildman–Crippen MR) is 85.2 cm³/mol. The van der Waals surface area contributed by atoms with Gasteiger partial charge in [-0.05, 0) is 42.9 Å². The van der Waals surface area contributed by atoms with Crippen molar-refractivity contribution in [3.05, 3.63) is 23.4 Å². The molecule has 0 N–H and O–H groups in total. The summed E-state index contributed by atoms with van der Waals surface area (Å²) in [6, 6.07) is 4.70. The van der Waals surface area contributed by atoms with E-state index >= 15 is 0 Å². The maximum absolute atomic E-state index is 6.00. The van der Waals surface area contributed by atoms with Gasteiger partial charge in [-0.3, -0.25) is 0 Å². The SMILES string of the molecule is CC(C)CC(C)N(C)c1cc(CCl)cc(C(C)C)n1. The van der Waals surface area contributed by atoms with Crippen LogP contribution in [0, 0.1) is 5.92 Å². The Labute approximate surface area is 123 Å². The molecule has 0 aromatic carbocycles. The zero-order valence-electron chi connectivity index (χ0n) is 13.1. The van der Waals surface area contributed by atoms with Gasteiger partial charge in [-0.25, -0.2) is 4.98 Å². The number of rotatable bonds is 6. The zero-order chi connectivity index (χ0) is 14.6. The van der Waals surface area contributed by atoms with Crippen LogP contribution in [-0.2, 0) is 5.88 Å². The molecule has 0 radical (unpaired) electrons. The largest absolute Gasteiger partial charge is 0.357 e. The summed E-state index contributed by atoms with van der Waals surface area (Å²) in [6.07, 6.45) is 1.17. The minimum absolute atomic E-state index is 0.427. The lowest BCUT2D eigenvalue weighted by Crippen LogP contribution is -2.31. The van der Waals surface area contributed by atoms with Gasteiger partial charge in [0.1, 0.15) is 5.82 Å². The van der Waals surface area contributed by atoms with Crippen LogP contribution in [0.3, 0.4) is 0 Å². The maximum atomic E-state index is 6.00. The molecule has 1 unspecified atom stereocenters. The number of pyridine rings is 1. The molecule has 0 aliphatic carbocycles. The highest BCUT2D eigenvalue weighted by atomic mass is 35.5. The molecule has 19 heavy (non-hydrogen) atoms. The number of hydrogen-bond donors (Lipinski definition) is 0. The quantitative estimate of drug-likeness (QED) is 0.696. The summed E-state index contributed by atoms with van der Waals surface area (Å²) < 4.78 is 0. The Kier molecular flexibility index (Phi) is 6.12. The summed E-state index contributed by atoms with van der Waals surface area (Å²) >= 11 is 6.00. The number of anilines is 1. The van der Waals surface area contributed by atoms with E-state index in [-0.39, 0.29) is 0 Å². The van der Waals surface area contributed by atoms with Crippen molar-refractivity contribution in [2.75, 3.05) is 11.9 Å². The summed E-state index contributed by atoms with van der Waals surface area (Å²) in [4.78, 5) is 7.04. The second kappa shape index (κ2) is 7.14. The highest BCUT2D eigenvalue weighted by Crippen LogP contribution is 2.23. The van der Waals surface area contributed by atoms with Gasteiger partial charge in [0.15, 0.2) is 0 Å². The van der Waals surface area contributed by atoms with Gasteiger partial charge in [0.05, 0.1) is 0 Å². The molecule has 0 saturated heterocycles. The molecule has 0 fully saturated rings. The lowest BCUT2D eigenvalue weighted by atomic mass is 10.0. The van der Waals surface area contributed by atoms with Gasteiger partial charge in [-0.15, -0.1) is 11.6 Å². The Morgan fingerprint density at radius 2 is 1.79 bits per heavy atom. The molecule has 1 aromatic heterocycles. The van der Waals surface area contributed by atoms with Crippen LogP contribution in [0.15, 0.2) is 12.1 Å². The molecule has 0 spiro atoms. The van der Waals surface area contributed by atoms with Crippen molar-refractivity contribution >= 4 is 17.4 Å². The summed E-state index contributed by atoms with van der Waals surface area (Å²) in [5.74, 6) is 2.70. The van der Waals surface area contributed by atoms with E-state index in [0.717, 1.165) is 17.1 Å². The minimum Gasteiger partial charge on any atom is -0.357 e. The topological polar surface area (TPSA) is 16.1 Å². The molecular formula is C16H27ClN2. The van der Waals surface area contributed by atoms with Gasteiger partial charge in [0.25, 0.3) is 0 Å². The van der Waals surface area contributed by atoms with E-state index in [1.54, 1.807) is 0 Å². The molecule has 0 aliphatic heterocycles. The van der Waals surface area contributed by atoms with Gasteiger partial charge in [0.2, 0.25) is 0 Å². The molecule has 3 heteroatoms. The Hall–Kier alpha value is -0.760. The minimum atomic E-state index is 0.427. The van der Waals surface area contributed by atoms with E-state index in [9.17, 15) is 0 Å². The van der Waals surface area contributed by atoms with Crippen LogP contribution in [0.5, 0.6) is 0 Å². The number of nitrogens with zero attached hydrogens (tertiary/aromatic N) is 2. The lowest BCUT2D eigenvalue weighted by Gasteiger charge is -2.28. The molecule has 2 nitrogen and oxygen atoms in total. The normalized spacial score (nSPS) is 13.1. The second-order valence-electron chi connectivity index (χ2n) is 6.14. The highest BCUT2D eigenvalue weighted by Gasteiger charge is 2.15. The van der Waals surface area contributed by atoms with E-state index in [4.69, 9.17) is 16.6 Å². The monoisotopic (exact) mass is 282 g/mol. The number of alkyl halides is 1. The first-order chi connectivity index (χ1) is 8.85. The van der Waals surface area contributed by atoms with E-state index in [1.165, 1.54) is 6.42 Å². The van der Waals surface area contributed by atoms with Crippen molar-refractivity contribution in [1.82, 2.24) is 4.98 Å².